The molecule has 0 saturated heterocycles. The number of hydrogen-bond donors (Lipinski definition) is 2. The van der Waals surface area contributed by atoms with Gasteiger partial charge in [0.2, 0.25) is 0 Å². The molecule has 2 aromatic carbocycles. The van der Waals surface area contributed by atoms with Crippen molar-refractivity contribution in [2.45, 2.75) is 20.3 Å². The third-order valence-electron chi connectivity index (χ3n) is 3.35. The average Bonchev–Trinajstić information content (AvgIpc) is 2.43. The molecule has 0 atom stereocenters. The Balaban J connectivity index is 1.90. The van der Waals surface area contributed by atoms with Crippen LogP contribution < -0.4 is 11.1 Å². The van der Waals surface area contributed by atoms with Crippen LogP contribution in [0.15, 0.2) is 47.5 Å². The third kappa shape index (κ3) is 4.80. The summed E-state index contributed by atoms with van der Waals surface area (Å²) in [5.41, 5.74) is 10.5. The zero-order valence-electron chi connectivity index (χ0n) is 12.4. The SMILES string of the molecule is Cc1ccc(NC(N)=NCCc2cccc(Cl)c2)cc1C. The van der Waals surface area contributed by atoms with Gasteiger partial charge in [0.05, 0.1) is 0 Å². The quantitative estimate of drug-likeness (QED) is 0.664. The van der Waals surface area contributed by atoms with E-state index in [1.54, 1.807) is 0 Å². The highest BCUT2D eigenvalue weighted by Gasteiger charge is 1.98. The Bertz CT molecular complexity index is 650. The summed E-state index contributed by atoms with van der Waals surface area (Å²) >= 11 is 5.95. The van der Waals surface area contributed by atoms with Crippen molar-refractivity contribution in [1.82, 2.24) is 0 Å². The van der Waals surface area contributed by atoms with E-state index in [-0.39, 0.29) is 0 Å². The number of nitrogens with two attached hydrogens (primary N) is 1. The van der Waals surface area contributed by atoms with E-state index in [1.165, 1.54) is 11.1 Å². The van der Waals surface area contributed by atoms with Crippen LogP contribution in [0.4, 0.5) is 5.69 Å². The summed E-state index contributed by atoms with van der Waals surface area (Å²) in [6, 6.07) is 13.9. The van der Waals surface area contributed by atoms with Gasteiger partial charge in [-0.05, 0) is 61.2 Å². The highest BCUT2D eigenvalue weighted by molar-refractivity contribution is 6.30. The van der Waals surface area contributed by atoms with E-state index >= 15 is 0 Å². The molecule has 21 heavy (non-hydrogen) atoms. The number of anilines is 1. The van der Waals surface area contributed by atoms with Crippen LogP contribution in [0.1, 0.15) is 16.7 Å². The maximum absolute atomic E-state index is 5.95. The summed E-state index contributed by atoms with van der Waals surface area (Å²) in [5, 5.41) is 3.86. The number of guanidine groups is 1. The molecule has 0 spiro atoms. The van der Waals surface area contributed by atoms with Crippen molar-refractivity contribution in [3.8, 4) is 0 Å². The number of halogens is 1. The highest BCUT2D eigenvalue weighted by atomic mass is 35.5. The van der Waals surface area contributed by atoms with Gasteiger partial charge in [0.1, 0.15) is 0 Å². The Morgan fingerprint density at radius 2 is 1.95 bits per heavy atom. The molecule has 3 N–H and O–H groups in total. The molecule has 4 heteroatoms. The molecule has 0 saturated carbocycles. The number of aliphatic imine (C=N–C) groups is 1. The van der Waals surface area contributed by atoms with E-state index in [9.17, 15) is 0 Å². The smallest absolute Gasteiger partial charge is 0.193 e. The molecular formula is C17H20ClN3. The van der Waals surface area contributed by atoms with Crippen molar-refractivity contribution in [2.24, 2.45) is 10.7 Å². The van der Waals surface area contributed by atoms with Crippen LogP contribution in [0.2, 0.25) is 5.02 Å². The fourth-order valence-corrected chi connectivity index (χ4v) is 2.22. The van der Waals surface area contributed by atoms with Crippen LogP contribution in [0, 0.1) is 13.8 Å². The first-order chi connectivity index (χ1) is 10.0. The van der Waals surface area contributed by atoms with Crippen LogP contribution in [-0.4, -0.2) is 12.5 Å². The van der Waals surface area contributed by atoms with E-state index in [4.69, 9.17) is 17.3 Å². The average molecular weight is 302 g/mol. The van der Waals surface area contributed by atoms with E-state index in [0.717, 1.165) is 22.7 Å². The van der Waals surface area contributed by atoms with Crippen LogP contribution in [0.5, 0.6) is 0 Å². The van der Waals surface area contributed by atoms with Crippen LogP contribution in [0.3, 0.4) is 0 Å². The monoisotopic (exact) mass is 301 g/mol. The van der Waals surface area contributed by atoms with E-state index in [2.05, 4.69) is 36.3 Å². The van der Waals surface area contributed by atoms with Gasteiger partial charge in [0.15, 0.2) is 5.96 Å². The molecule has 0 aliphatic heterocycles. The minimum absolute atomic E-state index is 0.431. The van der Waals surface area contributed by atoms with Crippen molar-refractivity contribution >= 4 is 23.2 Å². The fourth-order valence-electron chi connectivity index (χ4n) is 2.00. The molecule has 0 heterocycles. The van der Waals surface area contributed by atoms with Gasteiger partial charge in [-0.15, -0.1) is 0 Å². The second kappa shape index (κ2) is 7.14. The van der Waals surface area contributed by atoms with Gasteiger partial charge in [0.25, 0.3) is 0 Å². The molecule has 0 aromatic heterocycles. The Morgan fingerprint density at radius 3 is 2.67 bits per heavy atom. The van der Waals surface area contributed by atoms with Crippen molar-refractivity contribution < 1.29 is 0 Å². The minimum Gasteiger partial charge on any atom is -0.370 e. The van der Waals surface area contributed by atoms with Gasteiger partial charge in [0, 0.05) is 17.3 Å². The van der Waals surface area contributed by atoms with E-state index in [1.807, 2.05) is 30.3 Å². The normalized spacial score (nSPS) is 11.5. The summed E-state index contributed by atoms with van der Waals surface area (Å²) in [7, 11) is 0. The van der Waals surface area contributed by atoms with Gasteiger partial charge in [-0.25, -0.2) is 0 Å². The molecule has 0 amide bonds. The van der Waals surface area contributed by atoms with Crippen LogP contribution in [0.25, 0.3) is 0 Å². The minimum atomic E-state index is 0.431. The molecule has 0 fully saturated rings. The lowest BCUT2D eigenvalue weighted by atomic mass is 10.1. The molecule has 0 aliphatic carbocycles. The standard InChI is InChI=1S/C17H20ClN3/c1-12-6-7-16(10-13(12)2)21-17(19)20-9-8-14-4-3-5-15(18)11-14/h3-7,10-11H,8-9H2,1-2H3,(H3,19,20,21). The Morgan fingerprint density at radius 1 is 1.14 bits per heavy atom. The summed E-state index contributed by atoms with van der Waals surface area (Å²) in [4.78, 5) is 4.34. The zero-order valence-corrected chi connectivity index (χ0v) is 13.1. The lowest BCUT2D eigenvalue weighted by molar-refractivity contribution is 0.965. The van der Waals surface area contributed by atoms with Gasteiger partial charge >= 0.3 is 0 Å². The largest absolute Gasteiger partial charge is 0.370 e. The van der Waals surface area contributed by atoms with Crippen molar-refractivity contribution in [3.05, 3.63) is 64.2 Å². The maximum atomic E-state index is 5.95. The van der Waals surface area contributed by atoms with Crippen molar-refractivity contribution in [2.75, 3.05) is 11.9 Å². The van der Waals surface area contributed by atoms with Gasteiger partial charge in [-0.1, -0.05) is 29.8 Å². The Hall–Kier alpha value is -2.00. The van der Waals surface area contributed by atoms with Gasteiger partial charge < -0.3 is 11.1 Å². The molecule has 0 unspecified atom stereocenters. The molecule has 110 valence electrons. The predicted octanol–water partition coefficient (Wildman–Crippen LogP) is 3.93. The topological polar surface area (TPSA) is 50.4 Å². The fraction of sp³-hybridized carbons (Fsp3) is 0.235. The summed E-state index contributed by atoms with van der Waals surface area (Å²) < 4.78 is 0. The van der Waals surface area contributed by atoms with E-state index < -0.39 is 0 Å². The zero-order chi connectivity index (χ0) is 15.2. The number of aryl methyl sites for hydroxylation is 2. The number of rotatable bonds is 4. The Kier molecular flexibility index (Phi) is 5.23. The predicted molar refractivity (Wildman–Crippen MR) is 91.2 cm³/mol. The number of nitrogens with one attached hydrogen (secondary N) is 1. The summed E-state index contributed by atoms with van der Waals surface area (Å²) in [6.07, 6.45) is 0.815. The second-order valence-electron chi connectivity index (χ2n) is 5.07. The first-order valence-electron chi connectivity index (χ1n) is 6.93. The van der Waals surface area contributed by atoms with Gasteiger partial charge in [-0.2, -0.15) is 0 Å². The summed E-state index contributed by atoms with van der Waals surface area (Å²) in [6.45, 7) is 4.79. The molecule has 0 radical (unpaired) electrons. The molecule has 2 rings (SSSR count). The third-order valence-corrected chi connectivity index (χ3v) is 3.59. The lowest BCUT2D eigenvalue weighted by Gasteiger charge is -2.08. The molecular weight excluding hydrogens is 282 g/mol. The highest BCUT2D eigenvalue weighted by Crippen LogP contribution is 2.14. The lowest BCUT2D eigenvalue weighted by Crippen LogP contribution is -2.23. The first kappa shape index (κ1) is 15.4. The number of benzene rings is 2. The van der Waals surface area contributed by atoms with Crippen molar-refractivity contribution in [1.29, 1.82) is 0 Å². The Labute approximate surface area is 130 Å². The first-order valence-corrected chi connectivity index (χ1v) is 7.31. The molecule has 0 bridgehead atoms. The number of hydrogen-bond acceptors (Lipinski definition) is 1. The van der Waals surface area contributed by atoms with E-state index in [0.29, 0.717) is 12.5 Å². The van der Waals surface area contributed by atoms with Crippen LogP contribution in [-0.2, 0) is 6.42 Å². The maximum Gasteiger partial charge on any atom is 0.193 e. The molecule has 3 nitrogen and oxygen atoms in total. The summed E-state index contributed by atoms with van der Waals surface area (Å²) in [5.74, 6) is 0.431. The van der Waals surface area contributed by atoms with Gasteiger partial charge in [-0.3, -0.25) is 4.99 Å². The second-order valence-corrected chi connectivity index (χ2v) is 5.51. The molecule has 0 aliphatic rings. The van der Waals surface area contributed by atoms with Crippen LogP contribution >= 0.6 is 11.6 Å². The van der Waals surface area contributed by atoms with Crippen molar-refractivity contribution in [3.63, 3.8) is 0 Å². The molecule has 2 aromatic rings. The number of nitrogens with zero attached hydrogens (tertiary/aromatic N) is 1.